The molecule has 0 aliphatic heterocycles. The van der Waals surface area contributed by atoms with Crippen LogP contribution in [0.5, 0.6) is 0 Å². The molecule has 39 heavy (non-hydrogen) atoms. The Labute approximate surface area is 231 Å². The van der Waals surface area contributed by atoms with E-state index in [1.54, 1.807) is 32.3 Å². The lowest BCUT2D eigenvalue weighted by Gasteiger charge is -2.12. The third kappa shape index (κ3) is 8.71. The maximum atomic E-state index is 10.4. The number of aliphatic hydroxyl groups is 1. The number of aliphatic imine (C=N–C) groups is 2. The summed E-state index contributed by atoms with van der Waals surface area (Å²) >= 11 is 0. The van der Waals surface area contributed by atoms with E-state index in [1.165, 1.54) is 31.2 Å². The summed E-state index contributed by atoms with van der Waals surface area (Å²) in [5.74, 6) is 1.98. The number of aliphatic hydroxyl groups excluding tert-OH is 1. The zero-order valence-corrected chi connectivity index (χ0v) is 22.6. The van der Waals surface area contributed by atoms with Crippen molar-refractivity contribution in [2.75, 3.05) is 12.4 Å². The van der Waals surface area contributed by atoms with Gasteiger partial charge in [0.15, 0.2) is 0 Å². The first kappa shape index (κ1) is 27.9. The minimum atomic E-state index is -0.799. The molecule has 2 fully saturated rings. The van der Waals surface area contributed by atoms with Crippen molar-refractivity contribution < 1.29 is 6.53 Å². The quantitative estimate of drug-likeness (QED) is 0.146. The second-order valence-electron chi connectivity index (χ2n) is 9.94. The molecule has 0 aromatic carbocycles. The van der Waals surface area contributed by atoms with E-state index in [4.69, 9.17) is 11.1 Å². The predicted molar refractivity (Wildman–Crippen MR) is 161 cm³/mol. The number of anilines is 1. The SMILES string of the molecule is CN=C/C=C(\C=C\CC(O)Nc1cccc(C(C)=N)n1)n1cnc(CC2=CC=CC3CC23)c1.NC=NC1CC1.[HH]. The van der Waals surface area contributed by atoms with Crippen molar-refractivity contribution >= 4 is 29.8 Å². The fraction of sp³-hybridized carbons (Fsp3) is 0.367. The number of allylic oxidation sites excluding steroid dienone is 7. The van der Waals surface area contributed by atoms with E-state index < -0.39 is 6.23 Å². The minimum Gasteiger partial charge on any atom is -0.390 e. The zero-order chi connectivity index (χ0) is 27.6. The second-order valence-corrected chi connectivity index (χ2v) is 9.94. The first-order chi connectivity index (χ1) is 19.0. The van der Waals surface area contributed by atoms with Gasteiger partial charge in [-0.1, -0.05) is 35.9 Å². The number of rotatable bonds is 11. The molecule has 2 aromatic rings. The van der Waals surface area contributed by atoms with Crippen molar-refractivity contribution in [2.24, 2.45) is 27.6 Å². The Morgan fingerprint density at radius 1 is 1.38 bits per heavy atom. The summed E-state index contributed by atoms with van der Waals surface area (Å²) in [6.07, 6.45) is 23.7. The van der Waals surface area contributed by atoms with Crippen molar-refractivity contribution in [3.05, 3.63) is 84.1 Å². The summed E-state index contributed by atoms with van der Waals surface area (Å²) in [7, 11) is 1.73. The fourth-order valence-corrected chi connectivity index (χ4v) is 4.29. The molecule has 3 atom stereocenters. The van der Waals surface area contributed by atoms with Gasteiger partial charge >= 0.3 is 0 Å². The average Bonchev–Trinajstić information content (AvgIpc) is 3.85. The summed E-state index contributed by atoms with van der Waals surface area (Å²) in [5, 5.41) is 21.0. The highest BCUT2D eigenvalue weighted by atomic mass is 16.3. The molecule has 3 aliphatic rings. The number of aromatic nitrogens is 3. The summed E-state index contributed by atoms with van der Waals surface area (Å²) in [6, 6.07) is 5.96. The van der Waals surface area contributed by atoms with Crippen LogP contribution in [0.15, 0.2) is 82.7 Å². The van der Waals surface area contributed by atoms with Gasteiger partial charge in [-0.2, -0.15) is 0 Å². The van der Waals surface area contributed by atoms with Crippen LogP contribution < -0.4 is 11.1 Å². The van der Waals surface area contributed by atoms with Crippen molar-refractivity contribution in [3.63, 3.8) is 0 Å². The van der Waals surface area contributed by atoms with Gasteiger partial charge in [0.1, 0.15) is 12.0 Å². The maximum Gasteiger partial charge on any atom is 0.129 e. The smallest absolute Gasteiger partial charge is 0.129 e. The molecule has 9 heteroatoms. The molecule has 0 spiro atoms. The monoisotopic (exact) mass is 528 g/mol. The molecular weight excluding hydrogens is 488 g/mol. The van der Waals surface area contributed by atoms with E-state index in [2.05, 4.69) is 49.7 Å². The normalized spacial score (nSPS) is 21.0. The molecule has 2 heterocycles. The Morgan fingerprint density at radius 3 is 2.95 bits per heavy atom. The Balaban J connectivity index is 0.000000559. The summed E-state index contributed by atoms with van der Waals surface area (Å²) in [4.78, 5) is 16.9. The van der Waals surface area contributed by atoms with E-state index in [1.807, 2.05) is 35.2 Å². The number of imidazole rings is 1. The van der Waals surface area contributed by atoms with Gasteiger partial charge in [-0.05, 0) is 62.3 Å². The number of pyridine rings is 1. The Bertz CT molecular complexity index is 1320. The van der Waals surface area contributed by atoms with Gasteiger partial charge in [-0.25, -0.2) is 9.97 Å². The highest BCUT2D eigenvalue weighted by molar-refractivity contribution is 5.94. The maximum absolute atomic E-state index is 10.4. The van der Waals surface area contributed by atoms with Gasteiger partial charge in [0.2, 0.25) is 0 Å². The number of hydrogen-bond acceptors (Lipinski definition) is 7. The topological polar surface area (TPSA) is 138 Å². The van der Waals surface area contributed by atoms with E-state index in [0.29, 0.717) is 35.6 Å². The molecule has 0 saturated heterocycles. The van der Waals surface area contributed by atoms with E-state index in [9.17, 15) is 5.11 Å². The van der Waals surface area contributed by atoms with Gasteiger partial charge in [-0.15, -0.1) is 0 Å². The van der Waals surface area contributed by atoms with Crippen molar-refractivity contribution in [2.45, 2.75) is 51.3 Å². The second kappa shape index (κ2) is 13.6. The summed E-state index contributed by atoms with van der Waals surface area (Å²) < 4.78 is 1.98. The van der Waals surface area contributed by atoms with Crippen LogP contribution in [0, 0.1) is 17.2 Å². The Hall–Kier alpha value is -4.11. The van der Waals surface area contributed by atoms with Gasteiger partial charge in [-0.3, -0.25) is 9.98 Å². The standard InChI is InChI=1S/C26H30N6O.C4H8N2.H2/c1-18(27)24-9-5-10-25(30-24)31-26(33)11-4-8-22(12-13-28-2)32-16-21(29-17-32)14-19-6-3-7-20-15-23(19)20;5-3-6-4-1-2-4;/h3-10,12-13,16-17,20,23,26-27,33H,11,14-15H2,1-2H3,(H,30,31);3-4H,1-2H2,(H2,5,6);1H/b8-4+,22-12+,27-18?,28-13?;;. The molecule has 2 saturated carbocycles. The molecule has 3 unspecified atom stereocenters. The van der Waals surface area contributed by atoms with Crippen LogP contribution >= 0.6 is 0 Å². The van der Waals surface area contributed by atoms with Gasteiger partial charge in [0, 0.05) is 39.4 Å². The number of nitrogens with two attached hydrogens (primary N) is 1. The van der Waals surface area contributed by atoms with Crippen LogP contribution in [0.3, 0.4) is 0 Å². The van der Waals surface area contributed by atoms with Crippen molar-refractivity contribution in [1.29, 1.82) is 5.41 Å². The average molecular weight is 529 g/mol. The molecular formula is C30H40N8O. The van der Waals surface area contributed by atoms with Crippen molar-refractivity contribution in [1.82, 2.24) is 14.5 Å². The fourth-order valence-electron chi connectivity index (χ4n) is 4.29. The van der Waals surface area contributed by atoms with Crippen LogP contribution in [0.2, 0.25) is 0 Å². The molecule has 5 rings (SSSR count). The molecule has 0 bridgehead atoms. The highest BCUT2D eigenvalue weighted by Gasteiger charge is 2.38. The van der Waals surface area contributed by atoms with Crippen LogP contribution in [-0.4, -0.2) is 57.2 Å². The van der Waals surface area contributed by atoms with Crippen LogP contribution in [-0.2, 0) is 6.42 Å². The lowest BCUT2D eigenvalue weighted by atomic mass is 10.0. The van der Waals surface area contributed by atoms with Gasteiger partial charge in [0.05, 0.1) is 35.8 Å². The van der Waals surface area contributed by atoms with Crippen molar-refractivity contribution in [3.8, 4) is 0 Å². The third-order valence-electron chi connectivity index (χ3n) is 6.64. The number of fused-ring (bicyclic) bond motifs is 1. The molecule has 2 aromatic heterocycles. The third-order valence-corrected chi connectivity index (χ3v) is 6.64. The Kier molecular flexibility index (Phi) is 9.74. The molecule has 206 valence electrons. The number of hydrogen-bond donors (Lipinski definition) is 4. The van der Waals surface area contributed by atoms with Gasteiger partial charge in [0.25, 0.3) is 0 Å². The number of nitrogens with one attached hydrogen (secondary N) is 2. The lowest BCUT2D eigenvalue weighted by molar-refractivity contribution is 0.206. The number of nitrogens with zero attached hydrogens (tertiary/aromatic N) is 5. The van der Waals surface area contributed by atoms with E-state index >= 15 is 0 Å². The first-order valence-corrected chi connectivity index (χ1v) is 13.4. The molecule has 0 radical (unpaired) electrons. The molecule has 9 nitrogen and oxygen atoms in total. The zero-order valence-electron chi connectivity index (χ0n) is 22.6. The minimum absolute atomic E-state index is 0. The molecule has 0 amide bonds. The van der Waals surface area contributed by atoms with Crippen LogP contribution in [0.25, 0.3) is 5.70 Å². The molecule has 5 N–H and O–H groups in total. The lowest BCUT2D eigenvalue weighted by Crippen LogP contribution is -2.18. The largest absolute Gasteiger partial charge is 0.390 e. The highest BCUT2D eigenvalue weighted by Crippen LogP contribution is 2.48. The summed E-state index contributed by atoms with van der Waals surface area (Å²) in [5.41, 5.74) is 9.37. The van der Waals surface area contributed by atoms with Gasteiger partial charge < -0.3 is 26.1 Å². The first-order valence-electron chi connectivity index (χ1n) is 13.4. The van der Waals surface area contributed by atoms with Crippen LogP contribution in [0.1, 0.15) is 45.4 Å². The Morgan fingerprint density at radius 2 is 2.23 bits per heavy atom. The van der Waals surface area contributed by atoms with E-state index in [-0.39, 0.29) is 1.43 Å². The predicted octanol–water partition coefficient (Wildman–Crippen LogP) is 4.64. The molecule has 3 aliphatic carbocycles. The summed E-state index contributed by atoms with van der Waals surface area (Å²) in [6.45, 7) is 1.69. The van der Waals surface area contributed by atoms with E-state index in [0.717, 1.165) is 23.7 Å². The van der Waals surface area contributed by atoms with Crippen LogP contribution in [0.4, 0.5) is 5.82 Å².